The number of alkyl halides is 1. The quantitative estimate of drug-likeness (QED) is 0.359. The van der Waals surface area contributed by atoms with Crippen LogP contribution in [-0.2, 0) is 9.53 Å². The molecule has 2 aromatic rings. The summed E-state index contributed by atoms with van der Waals surface area (Å²) in [6, 6.07) is 13.3. The van der Waals surface area contributed by atoms with Gasteiger partial charge in [-0.3, -0.25) is 0 Å². The van der Waals surface area contributed by atoms with E-state index in [-0.39, 0.29) is 24.1 Å². The molecule has 1 fully saturated rings. The molecule has 0 aliphatic heterocycles. The van der Waals surface area contributed by atoms with Crippen molar-refractivity contribution in [2.75, 3.05) is 6.61 Å². The lowest BCUT2D eigenvalue weighted by molar-refractivity contribution is -0.157. The Bertz CT molecular complexity index is 858. The van der Waals surface area contributed by atoms with Gasteiger partial charge in [-0.2, -0.15) is 0 Å². The van der Waals surface area contributed by atoms with Crippen molar-refractivity contribution in [2.45, 2.75) is 83.4 Å². The van der Waals surface area contributed by atoms with Gasteiger partial charge < -0.3 is 9.47 Å². The van der Waals surface area contributed by atoms with Crippen LogP contribution in [0.1, 0.15) is 76.7 Å². The maximum absolute atomic E-state index is 14.3. The lowest BCUT2D eigenvalue weighted by Gasteiger charge is -2.29. The molecule has 3 rings (SSSR count). The first-order valence-electron chi connectivity index (χ1n) is 11.9. The third-order valence-electron chi connectivity index (χ3n) is 6.13. The van der Waals surface area contributed by atoms with Crippen LogP contribution in [0, 0.1) is 5.82 Å². The van der Waals surface area contributed by atoms with Crippen LogP contribution in [0.15, 0.2) is 42.5 Å². The Balaban J connectivity index is 1.53. The zero-order valence-electron chi connectivity index (χ0n) is 19.1. The molecular weight excluding hydrogens is 410 g/mol. The molecular formula is C27H34F2O3. The molecule has 0 spiro atoms. The normalized spacial score (nSPS) is 19.4. The van der Waals surface area contributed by atoms with Crippen LogP contribution in [-0.4, -0.2) is 24.9 Å². The number of esters is 1. The SMILES string of the molecule is CCCC[C@H](F)C(=O)O[C@H]1CC[C@H](c2ccc(-c3ccc(OCCC)c(F)c3)cc2)CC1. The van der Waals surface area contributed by atoms with E-state index in [1.807, 2.05) is 32.0 Å². The number of hydrogen-bond donors (Lipinski definition) is 0. The number of hydrogen-bond acceptors (Lipinski definition) is 3. The van der Waals surface area contributed by atoms with Gasteiger partial charge in [0.1, 0.15) is 6.10 Å². The molecule has 5 heteroatoms. The predicted octanol–water partition coefficient (Wildman–Crippen LogP) is 7.38. The molecule has 0 bridgehead atoms. The molecule has 1 saturated carbocycles. The molecule has 174 valence electrons. The molecule has 0 radical (unpaired) electrons. The van der Waals surface area contributed by atoms with Crippen LogP contribution in [0.25, 0.3) is 11.1 Å². The van der Waals surface area contributed by atoms with Gasteiger partial charge in [0.05, 0.1) is 6.61 Å². The number of benzene rings is 2. The van der Waals surface area contributed by atoms with Crippen molar-refractivity contribution in [3.8, 4) is 16.9 Å². The van der Waals surface area contributed by atoms with Crippen molar-refractivity contribution in [3.63, 3.8) is 0 Å². The van der Waals surface area contributed by atoms with E-state index in [9.17, 15) is 13.6 Å². The Hall–Kier alpha value is -2.43. The third-order valence-corrected chi connectivity index (χ3v) is 6.13. The highest BCUT2D eigenvalue weighted by molar-refractivity contribution is 5.74. The second-order valence-electron chi connectivity index (χ2n) is 8.64. The van der Waals surface area contributed by atoms with Crippen molar-refractivity contribution >= 4 is 5.97 Å². The summed E-state index contributed by atoms with van der Waals surface area (Å²) in [5, 5.41) is 0. The van der Waals surface area contributed by atoms with Crippen LogP contribution < -0.4 is 4.74 Å². The van der Waals surface area contributed by atoms with Crippen molar-refractivity contribution in [1.82, 2.24) is 0 Å². The standard InChI is InChI=1S/C27H34F2O3/c1-3-5-6-24(28)27(30)32-23-14-11-20(12-15-23)19-7-9-21(10-8-19)22-13-16-26(25(29)18-22)31-17-4-2/h7-10,13,16,18,20,23-24H,3-6,11-12,14-15,17H2,1-2H3/t20-,23-,24-/m0/s1. The molecule has 0 unspecified atom stereocenters. The lowest BCUT2D eigenvalue weighted by atomic mass is 9.82. The average Bonchev–Trinajstić information content (AvgIpc) is 2.82. The minimum atomic E-state index is -1.50. The van der Waals surface area contributed by atoms with E-state index in [0.29, 0.717) is 18.9 Å². The van der Waals surface area contributed by atoms with Crippen LogP contribution in [0.2, 0.25) is 0 Å². The largest absolute Gasteiger partial charge is 0.491 e. The molecule has 0 N–H and O–H groups in total. The fourth-order valence-corrected chi connectivity index (χ4v) is 4.21. The van der Waals surface area contributed by atoms with Crippen LogP contribution >= 0.6 is 0 Å². The van der Waals surface area contributed by atoms with Gasteiger partial charge in [-0.15, -0.1) is 0 Å². The molecule has 32 heavy (non-hydrogen) atoms. The maximum Gasteiger partial charge on any atom is 0.340 e. The molecule has 1 aliphatic carbocycles. The van der Waals surface area contributed by atoms with Crippen molar-refractivity contribution in [1.29, 1.82) is 0 Å². The fourth-order valence-electron chi connectivity index (χ4n) is 4.21. The van der Waals surface area contributed by atoms with E-state index in [1.165, 1.54) is 11.6 Å². The highest BCUT2D eigenvalue weighted by Gasteiger charge is 2.27. The molecule has 1 atom stereocenters. The van der Waals surface area contributed by atoms with Gasteiger partial charge >= 0.3 is 5.97 Å². The number of ether oxygens (including phenoxy) is 2. The minimum absolute atomic E-state index is 0.186. The van der Waals surface area contributed by atoms with Gasteiger partial charge in [-0.25, -0.2) is 13.6 Å². The van der Waals surface area contributed by atoms with E-state index >= 15 is 0 Å². The van der Waals surface area contributed by atoms with E-state index in [1.54, 1.807) is 6.07 Å². The minimum Gasteiger partial charge on any atom is -0.491 e. The lowest BCUT2D eigenvalue weighted by Crippen LogP contribution is -2.28. The number of carbonyl (C=O) groups excluding carboxylic acids is 1. The highest BCUT2D eigenvalue weighted by Crippen LogP contribution is 2.35. The van der Waals surface area contributed by atoms with Crippen LogP contribution in [0.3, 0.4) is 0 Å². The summed E-state index contributed by atoms with van der Waals surface area (Å²) in [6.45, 7) is 4.46. The second-order valence-corrected chi connectivity index (χ2v) is 8.64. The fraction of sp³-hybridized carbons (Fsp3) is 0.519. The third kappa shape index (κ3) is 6.54. The van der Waals surface area contributed by atoms with Gasteiger partial charge in [0.15, 0.2) is 17.7 Å². The molecule has 1 aliphatic rings. The molecule has 0 heterocycles. The zero-order valence-corrected chi connectivity index (χ0v) is 19.1. The van der Waals surface area contributed by atoms with Gasteiger partial charge in [-0.05, 0) is 73.3 Å². The van der Waals surface area contributed by atoms with Crippen molar-refractivity contribution in [2.24, 2.45) is 0 Å². The van der Waals surface area contributed by atoms with Gasteiger partial charge in [0.25, 0.3) is 0 Å². The monoisotopic (exact) mass is 444 g/mol. The van der Waals surface area contributed by atoms with E-state index in [4.69, 9.17) is 9.47 Å². The first-order chi connectivity index (χ1) is 15.5. The smallest absolute Gasteiger partial charge is 0.340 e. The number of unbranched alkanes of at least 4 members (excludes halogenated alkanes) is 1. The Morgan fingerprint density at radius 3 is 2.31 bits per heavy atom. The van der Waals surface area contributed by atoms with Gasteiger partial charge in [-0.1, -0.05) is 57.0 Å². The van der Waals surface area contributed by atoms with E-state index < -0.39 is 12.1 Å². The van der Waals surface area contributed by atoms with Gasteiger partial charge in [0.2, 0.25) is 0 Å². The summed E-state index contributed by atoms with van der Waals surface area (Å²) in [7, 11) is 0. The zero-order chi connectivity index (χ0) is 22.9. The Morgan fingerprint density at radius 1 is 1.00 bits per heavy atom. The number of carbonyl (C=O) groups is 1. The molecule has 0 aromatic heterocycles. The summed E-state index contributed by atoms with van der Waals surface area (Å²) >= 11 is 0. The van der Waals surface area contributed by atoms with Crippen molar-refractivity contribution < 1.29 is 23.0 Å². The molecule has 2 aromatic carbocycles. The molecule has 0 amide bonds. The van der Waals surface area contributed by atoms with Crippen LogP contribution in [0.5, 0.6) is 5.75 Å². The first-order valence-corrected chi connectivity index (χ1v) is 11.9. The summed E-state index contributed by atoms with van der Waals surface area (Å²) in [6.07, 6.45) is 4.27. The van der Waals surface area contributed by atoms with Crippen LogP contribution in [0.4, 0.5) is 8.78 Å². The van der Waals surface area contributed by atoms with E-state index in [0.717, 1.165) is 49.7 Å². The second kappa shape index (κ2) is 12.0. The summed E-state index contributed by atoms with van der Waals surface area (Å²) < 4.78 is 38.9. The predicted molar refractivity (Wildman–Crippen MR) is 123 cm³/mol. The topological polar surface area (TPSA) is 35.5 Å². The summed E-state index contributed by atoms with van der Waals surface area (Å²) in [5.41, 5.74) is 3.00. The average molecular weight is 445 g/mol. The number of halogens is 2. The van der Waals surface area contributed by atoms with Crippen molar-refractivity contribution in [3.05, 3.63) is 53.8 Å². The Morgan fingerprint density at radius 2 is 1.69 bits per heavy atom. The summed E-state index contributed by atoms with van der Waals surface area (Å²) in [5.74, 6) is -0.376. The van der Waals surface area contributed by atoms with E-state index in [2.05, 4.69) is 12.1 Å². The molecule has 0 saturated heterocycles. The summed E-state index contributed by atoms with van der Waals surface area (Å²) in [4.78, 5) is 11.9. The molecule has 3 nitrogen and oxygen atoms in total. The Kier molecular flexibility index (Phi) is 9.07. The highest BCUT2D eigenvalue weighted by atomic mass is 19.1. The maximum atomic E-state index is 14.3. The first kappa shape index (κ1) is 24.2. The number of rotatable bonds is 10. The Labute approximate surface area is 190 Å². The van der Waals surface area contributed by atoms with Gasteiger partial charge in [0, 0.05) is 0 Å².